The number of carboxylic acid groups (broad SMARTS) is 1. The van der Waals surface area contributed by atoms with E-state index in [0.29, 0.717) is 25.2 Å². The number of carbonyl (C=O) groups is 5. The van der Waals surface area contributed by atoms with Gasteiger partial charge in [-0.15, -0.1) is 0 Å². The van der Waals surface area contributed by atoms with Gasteiger partial charge in [0.15, 0.2) is 11.9 Å². The van der Waals surface area contributed by atoms with Gasteiger partial charge in [-0.25, -0.2) is 4.79 Å². The molecule has 0 aliphatic carbocycles. The van der Waals surface area contributed by atoms with Crippen LogP contribution in [0.15, 0.2) is 22.1 Å². The summed E-state index contributed by atoms with van der Waals surface area (Å²) in [7, 11) is 0. The van der Waals surface area contributed by atoms with E-state index < -0.39 is 41.8 Å². The van der Waals surface area contributed by atoms with Gasteiger partial charge in [-0.2, -0.15) is 0 Å². The maximum atomic E-state index is 13.0. The number of hydrogen-bond acceptors (Lipinski definition) is 7. The predicted molar refractivity (Wildman–Crippen MR) is 138 cm³/mol. The third-order valence-corrected chi connectivity index (χ3v) is 4.76. The Labute approximate surface area is 215 Å². The minimum atomic E-state index is -1.33. The van der Waals surface area contributed by atoms with Gasteiger partial charge in [0.25, 0.3) is 0 Å². The van der Waals surface area contributed by atoms with Crippen molar-refractivity contribution in [3.8, 4) is 0 Å². The highest BCUT2D eigenvalue weighted by Gasteiger charge is 2.28. The van der Waals surface area contributed by atoms with E-state index in [4.69, 9.17) is 28.0 Å². The van der Waals surface area contributed by atoms with Crippen LogP contribution >= 0.6 is 0 Å². The van der Waals surface area contributed by atoms with Crippen LogP contribution in [0.3, 0.4) is 0 Å². The number of rotatable bonds is 18. The molecule has 15 heteroatoms. The predicted octanol–water partition coefficient (Wildman–Crippen LogP) is -2.57. The van der Waals surface area contributed by atoms with E-state index in [9.17, 15) is 24.0 Å². The Kier molecular flexibility index (Phi) is 16.1. The van der Waals surface area contributed by atoms with Crippen molar-refractivity contribution in [1.29, 1.82) is 0 Å². The molecule has 0 saturated carbocycles. The molecule has 0 aromatic rings. The van der Waals surface area contributed by atoms with E-state index in [1.807, 2.05) is 13.8 Å². The van der Waals surface area contributed by atoms with Crippen molar-refractivity contribution < 1.29 is 29.1 Å². The van der Waals surface area contributed by atoms with Crippen molar-refractivity contribution >= 4 is 41.9 Å². The Morgan fingerprint density at radius 1 is 0.811 bits per heavy atom. The highest BCUT2D eigenvalue weighted by molar-refractivity contribution is 5.97. The molecule has 0 aromatic carbocycles. The van der Waals surface area contributed by atoms with Crippen LogP contribution in [0, 0.1) is 5.92 Å². The molecule has 37 heavy (non-hydrogen) atoms. The lowest BCUT2D eigenvalue weighted by atomic mass is 10.0. The largest absolute Gasteiger partial charge is 0.478 e. The lowest BCUT2D eigenvalue weighted by Gasteiger charge is -2.25. The molecule has 0 aliphatic rings. The zero-order valence-electron chi connectivity index (χ0n) is 21.2. The summed E-state index contributed by atoms with van der Waals surface area (Å²) in [5, 5.41) is 16.3. The molecular formula is C22H39N9O6. The van der Waals surface area contributed by atoms with Gasteiger partial charge < -0.3 is 48.8 Å². The lowest BCUT2D eigenvalue weighted by Crippen LogP contribution is -2.55. The van der Waals surface area contributed by atoms with Crippen molar-refractivity contribution in [3.05, 3.63) is 12.2 Å². The van der Waals surface area contributed by atoms with Crippen LogP contribution in [0.25, 0.3) is 0 Å². The number of nitrogens with two attached hydrogens (primary N) is 4. The number of aldehydes is 1. The summed E-state index contributed by atoms with van der Waals surface area (Å²) < 4.78 is 0. The highest BCUT2D eigenvalue weighted by Crippen LogP contribution is 2.08. The van der Waals surface area contributed by atoms with E-state index >= 15 is 0 Å². The maximum absolute atomic E-state index is 13.0. The summed E-state index contributed by atoms with van der Waals surface area (Å²) in [6, 6.07) is -2.92. The average molecular weight is 526 g/mol. The number of aliphatic carboxylic acids is 1. The summed E-state index contributed by atoms with van der Waals surface area (Å²) in [6.07, 6.45) is 3.38. The second-order valence-electron chi connectivity index (χ2n) is 8.57. The van der Waals surface area contributed by atoms with Gasteiger partial charge in [-0.05, 0) is 38.0 Å². The zero-order valence-corrected chi connectivity index (χ0v) is 21.2. The van der Waals surface area contributed by atoms with Crippen LogP contribution in [0.5, 0.6) is 0 Å². The molecule has 0 heterocycles. The van der Waals surface area contributed by atoms with Crippen LogP contribution in [-0.4, -0.2) is 78.2 Å². The SMILES string of the molecule is CC(C)C[C@H](NC(=O)[C@H](CCCN=C(N)N)NC(=O)/C=C\C(=O)O)C(=O)N[C@H](C=O)CCCN=C(N)N. The van der Waals surface area contributed by atoms with E-state index in [2.05, 4.69) is 25.9 Å². The Balaban J connectivity index is 5.44. The van der Waals surface area contributed by atoms with Gasteiger partial charge in [0.2, 0.25) is 17.7 Å². The van der Waals surface area contributed by atoms with Crippen molar-refractivity contribution in [2.24, 2.45) is 38.8 Å². The molecule has 0 spiro atoms. The normalized spacial score (nSPS) is 13.2. The molecule has 3 atom stereocenters. The number of carboxylic acids is 1. The van der Waals surface area contributed by atoms with Crippen molar-refractivity contribution in [2.45, 2.75) is 64.1 Å². The fourth-order valence-electron chi connectivity index (χ4n) is 3.09. The van der Waals surface area contributed by atoms with E-state index in [-0.39, 0.29) is 50.2 Å². The minimum Gasteiger partial charge on any atom is -0.478 e. The third-order valence-electron chi connectivity index (χ3n) is 4.76. The zero-order chi connectivity index (χ0) is 28.4. The smallest absolute Gasteiger partial charge is 0.328 e. The van der Waals surface area contributed by atoms with Crippen molar-refractivity contribution in [2.75, 3.05) is 13.1 Å². The number of aliphatic imine (C=N–C) groups is 2. The maximum Gasteiger partial charge on any atom is 0.328 e. The van der Waals surface area contributed by atoms with Gasteiger partial charge in [0, 0.05) is 25.2 Å². The third kappa shape index (κ3) is 17.0. The molecule has 0 rings (SSSR count). The molecule has 15 nitrogen and oxygen atoms in total. The molecule has 0 unspecified atom stereocenters. The fraction of sp³-hybridized carbons (Fsp3) is 0.591. The quantitative estimate of drug-likeness (QED) is 0.0304. The molecule has 0 aromatic heterocycles. The number of amides is 3. The molecule has 3 amide bonds. The lowest BCUT2D eigenvalue weighted by molar-refractivity contribution is -0.132. The molecule has 12 N–H and O–H groups in total. The summed E-state index contributed by atoms with van der Waals surface area (Å²) in [5.41, 5.74) is 21.1. The first-order valence-corrected chi connectivity index (χ1v) is 11.7. The molecule has 0 saturated heterocycles. The van der Waals surface area contributed by atoms with Gasteiger partial charge >= 0.3 is 5.97 Å². The summed E-state index contributed by atoms with van der Waals surface area (Å²) >= 11 is 0. The fourth-order valence-corrected chi connectivity index (χ4v) is 3.09. The number of guanidine groups is 2. The first-order chi connectivity index (χ1) is 17.3. The van der Waals surface area contributed by atoms with Crippen molar-refractivity contribution in [1.82, 2.24) is 16.0 Å². The molecule has 0 fully saturated rings. The Hall–Kier alpha value is -4.17. The van der Waals surface area contributed by atoms with Crippen LogP contribution in [0.1, 0.15) is 46.0 Å². The molecule has 0 radical (unpaired) electrons. The molecule has 0 aliphatic heterocycles. The standard InChI is InChI=1S/C22H39N9O6/c1-13(2)11-16(20(37)29-14(12-32)5-3-9-27-21(23)24)31-19(36)15(6-4-10-28-22(25)26)30-17(33)7-8-18(34)35/h7-8,12-16H,3-6,9-11H2,1-2H3,(H,29,37)(H,30,33)(H,31,36)(H,34,35)(H4,23,24,27)(H4,25,26,28)/b8-7-/t14-,15-,16-/m0/s1. The van der Waals surface area contributed by atoms with E-state index in [1.54, 1.807) is 0 Å². The van der Waals surface area contributed by atoms with Gasteiger partial charge in [-0.3, -0.25) is 24.4 Å². The average Bonchev–Trinajstić information content (AvgIpc) is 2.80. The Morgan fingerprint density at radius 3 is 1.84 bits per heavy atom. The summed E-state index contributed by atoms with van der Waals surface area (Å²) in [5.74, 6) is -3.59. The van der Waals surface area contributed by atoms with Crippen LogP contribution in [0.2, 0.25) is 0 Å². The van der Waals surface area contributed by atoms with E-state index in [1.165, 1.54) is 0 Å². The van der Waals surface area contributed by atoms with Crippen molar-refractivity contribution in [3.63, 3.8) is 0 Å². The monoisotopic (exact) mass is 525 g/mol. The molecular weight excluding hydrogens is 486 g/mol. The highest BCUT2D eigenvalue weighted by atomic mass is 16.4. The Morgan fingerprint density at radius 2 is 1.35 bits per heavy atom. The van der Waals surface area contributed by atoms with Crippen LogP contribution in [-0.2, 0) is 24.0 Å². The minimum absolute atomic E-state index is 0.000931. The van der Waals surface area contributed by atoms with Crippen LogP contribution < -0.4 is 38.9 Å². The first kappa shape index (κ1) is 32.8. The van der Waals surface area contributed by atoms with Crippen LogP contribution in [0.4, 0.5) is 0 Å². The van der Waals surface area contributed by atoms with Gasteiger partial charge in [0.05, 0.1) is 6.04 Å². The number of carbonyl (C=O) groups excluding carboxylic acids is 4. The summed E-state index contributed by atoms with van der Waals surface area (Å²) in [6.45, 7) is 4.17. The number of nitrogens with zero attached hydrogens (tertiary/aromatic N) is 2. The Bertz CT molecular complexity index is 865. The van der Waals surface area contributed by atoms with Gasteiger partial charge in [-0.1, -0.05) is 13.8 Å². The second-order valence-corrected chi connectivity index (χ2v) is 8.57. The number of nitrogens with one attached hydrogen (secondary N) is 3. The second kappa shape index (κ2) is 18.1. The molecule has 0 bridgehead atoms. The first-order valence-electron chi connectivity index (χ1n) is 11.7. The number of hydrogen-bond donors (Lipinski definition) is 8. The topological polar surface area (TPSA) is 270 Å². The van der Waals surface area contributed by atoms with E-state index in [0.717, 1.165) is 6.08 Å². The van der Waals surface area contributed by atoms with Gasteiger partial charge in [0.1, 0.15) is 18.4 Å². The molecule has 208 valence electrons. The summed E-state index contributed by atoms with van der Waals surface area (Å²) in [4.78, 5) is 67.8.